The van der Waals surface area contributed by atoms with Crippen LogP contribution in [0.4, 0.5) is 0 Å². The molecule has 3 N–H and O–H groups in total. The summed E-state index contributed by atoms with van der Waals surface area (Å²) in [7, 11) is 0. The molecular formula is C34H45NO8. The van der Waals surface area contributed by atoms with Gasteiger partial charge in [-0.25, -0.2) is 4.79 Å². The first-order chi connectivity index (χ1) is 20.8. The Morgan fingerprint density at radius 3 is 2.40 bits per heavy atom. The number of hydrogen-bond acceptors (Lipinski definition) is 8. The topological polar surface area (TPSA) is 126 Å². The number of aliphatic hydroxyl groups excluding tert-OH is 3. The van der Waals surface area contributed by atoms with E-state index in [-0.39, 0.29) is 57.1 Å². The Morgan fingerprint density at radius 2 is 1.74 bits per heavy atom. The van der Waals surface area contributed by atoms with Crippen molar-refractivity contribution in [3.8, 4) is 18.1 Å². The molecule has 1 amide bonds. The lowest BCUT2D eigenvalue weighted by Crippen LogP contribution is -2.49. The summed E-state index contributed by atoms with van der Waals surface area (Å²) in [5.74, 6) is 2.56. The maximum atomic E-state index is 14.0. The number of carbonyl (C=O) groups excluding carboxylic acids is 2. The van der Waals surface area contributed by atoms with Gasteiger partial charge in [0.05, 0.1) is 38.1 Å². The fourth-order valence-corrected chi connectivity index (χ4v) is 5.27. The van der Waals surface area contributed by atoms with Gasteiger partial charge >= 0.3 is 5.97 Å². The SMILES string of the molecule is C#CC(=O)OCCC(O)C(O)CCOC1=CC2C(C=C1)C=C(c1ccc(OCCO)cc1)C(=O)N2CC(CC)CCCC. The molecule has 0 spiro atoms. The number of nitrogens with zero attached hydrogens (tertiary/aromatic N) is 1. The summed E-state index contributed by atoms with van der Waals surface area (Å²) in [4.78, 5) is 27.0. The molecule has 1 aliphatic heterocycles. The molecule has 0 radical (unpaired) electrons. The van der Waals surface area contributed by atoms with Crippen LogP contribution in [0.15, 0.2) is 54.3 Å². The van der Waals surface area contributed by atoms with Crippen molar-refractivity contribution in [1.82, 2.24) is 4.90 Å². The third-order valence-electron chi connectivity index (χ3n) is 7.84. The largest absolute Gasteiger partial charge is 0.494 e. The lowest BCUT2D eigenvalue weighted by atomic mass is 9.84. The number of esters is 1. The zero-order chi connectivity index (χ0) is 31.2. The molecule has 9 nitrogen and oxygen atoms in total. The van der Waals surface area contributed by atoms with Crippen LogP contribution >= 0.6 is 0 Å². The van der Waals surface area contributed by atoms with Gasteiger partial charge in [-0.2, -0.15) is 0 Å². The number of amides is 1. The van der Waals surface area contributed by atoms with Crippen molar-refractivity contribution < 1.29 is 39.1 Å². The minimum atomic E-state index is -1.09. The van der Waals surface area contributed by atoms with E-state index in [1.165, 1.54) is 0 Å². The van der Waals surface area contributed by atoms with Crippen molar-refractivity contribution >= 4 is 17.4 Å². The Kier molecular flexibility index (Phi) is 13.8. The van der Waals surface area contributed by atoms with E-state index in [0.717, 1.165) is 31.2 Å². The predicted octanol–water partition coefficient (Wildman–Crippen LogP) is 3.63. The van der Waals surface area contributed by atoms with Crippen LogP contribution in [-0.2, 0) is 19.1 Å². The number of allylic oxidation sites excluding steroid dienone is 1. The van der Waals surface area contributed by atoms with Gasteiger partial charge in [-0.05, 0) is 42.2 Å². The smallest absolute Gasteiger partial charge is 0.384 e. The number of hydrogen-bond donors (Lipinski definition) is 3. The van der Waals surface area contributed by atoms with Crippen LogP contribution in [0.3, 0.4) is 0 Å². The van der Waals surface area contributed by atoms with Gasteiger partial charge in [-0.15, -0.1) is 6.42 Å². The van der Waals surface area contributed by atoms with Gasteiger partial charge in [-0.1, -0.05) is 57.4 Å². The highest BCUT2D eigenvalue weighted by molar-refractivity contribution is 6.20. The number of terminal acetylenes is 1. The Morgan fingerprint density at radius 1 is 1.02 bits per heavy atom. The van der Waals surface area contributed by atoms with Crippen molar-refractivity contribution in [2.24, 2.45) is 11.8 Å². The van der Waals surface area contributed by atoms with E-state index >= 15 is 0 Å². The van der Waals surface area contributed by atoms with Gasteiger partial charge in [0.2, 0.25) is 0 Å². The Hall–Kier alpha value is -3.58. The average Bonchev–Trinajstić information content (AvgIpc) is 3.02. The molecule has 5 unspecified atom stereocenters. The zero-order valence-electron chi connectivity index (χ0n) is 25.2. The van der Waals surface area contributed by atoms with Gasteiger partial charge in [0.25, 0.3) is 5.91 Å². The van der Waals surface area contributed by atoms with Crippen molar-refractivity contribution in [3.05, 3.63) is 59.9 Å². The van der Waals surface area contributed by atoms with Crippen LogP contribution < -0.4 is 4.74 Å². The fraction of sp³-hybridized carbons (Fsp3) is 0.529. The average molecular weight is 596 g/mol. The molecule has 234 valence electrons. The lowest BCUT2D eigenvalue weighted by molar-refractivity contribution is -0.138. The molecule has 5 atom stereocenters. The second-order valence-electron chi connectivity index (χ2n) is 10.9. The van der Waals surface area contributed by atoms with Crippen LogP contribution in [0, 0.1) is 24.2 Å². The first kappa shape index (κ1) is 33.9. The van der Waals surface area contributed by atoms with Crippen molar-refractivity contribution in [2.45, 2.75) is 70.6 Å². The number of fused-ring (bicyclic) bond motifs is 1. The number of benzene rings is 1. The van der Waals surface area contributed by atoms with E-state index < -0.39 is 18.2 Å². The van der Waals surface area contributed by atoms with Gasteiger partial charge in [0, 0.05) is 36.8 Å². The van der Waals surface area contributed by atoms with Gasteiger partial charge < -0.3 is 34.4 Å². The summed E-state index contributed by atoms with van der Waals surface area (Å²) in [6.07, 6.45) is 15.2. The monoisotopic (exact) mass is 595 g/mol. The van der Waals surface area contributed by atoms with Crippen LogP contribution in [0.25, 0.3) is 5.57 Å². The van der Waals surface area contributed by atoms with Crippen LogP contribution in [0.5, 0.6) is 5.75 Å². The second-order valence-corrected chi connectivity index (χ2v) is 10.9. The maximum absolute atomic E-state index is 14.0. The Balaban J connectivity index is 1.72. The number of aliphatic hydroxyl groups is 3. The van der Waals surface area contributed by atoms with Crippen molar-refractivity contribution in [3.63, 3.8) is 0 Å². The fourth-order valence-electron chi connectivity index (χ4n) is 5.27. The molecule has 2 aliphatic rings. The Bertz CT molecular complexity index is 1180. The lowest BCUT2D eigenvalue weighted by Gasteiger charge is -2.41. The minimum Gasteiger partial charge on any atom is -0.494 e. The van der Waals surface area contributed by atoms with Crippen LogP contribution in [0.1, 0.15) is 57.9 Å². The molecule has 1 aromatic rings. The molecular weight excluding hydrogens is 550 g/mol. The van der Waals surface area contributed by atoms with E-state index in [0.29, 0.717) is 29.5 Å². The molecule has 0 saturated carbocycles. The van der Waals surface area contributed by atoms with Crippen molar-refractivity contribution in [2.75, 3.05) is 33.0 Å². The molecule has 0 aromatic heterocycles. The Labute approximate surface area is 254 Å². The molecule has 0 saturated heterocycles. The second kappa shape index (κ2) is 17.5. The summed E-state index contributed by atoms with van der Waals surface area (Å²) in [6, 6.07) is 7.16. The zero-order valence-corrected chi connectivity index (χ0v) is 25.2. The first-order valence-corrected chi connectivity index (χ1v) is 15.2. The summed E-state index contributed by atoms with van der Waals surface area (Å²) in [5, 5.41) is 29.5. The highest BCUT2D eigenvalue weighted by Gasteiger charge is 2.37. The number of rotatable bonds is 18. The minimum absolute atomic E-state index is 0.0322. The van der Waals surface area contributed by atoms with Gasteiger partial charge in [-0.3, -0.25) is 4.79 Å². The highest BCUT2D eigenvalue weighted by atomic mass is 16.5. The van der Waals surface area contributed by atoms with Gasteiger partial charge in [0.15, 0.2) is 0 Å². The number of ether oxygens (including phenoxy) is 3. The number of unbranched alkanes of at least 4 members (excludes halogenated alkanes) is 1. The van der Waals surface area contributed by atoms with Crippen LogP contribution in [-0.4, -0.2) is 83.3 Å². The summed E-state index contributed by atoms with van der Waals surface area (Å²) in [5.41, 5.74) is 1.46. The van der Waals surface area contributed by atoms with Crippen molar-refractivity contribution in [1.29, 1.82) is 0 Å². The molecule has 3 rings (SSSR count). The molecule has 1 heterocycles. The summed E-state index contributed by atoms with van der Waals surface area (Å²) >= 11 is 0. The molecule has 0 bridgehead atoms. The number of carbonyl (C=O) groups is 2. The highest BCUT2D eigenvalue weighted by Crippen LogP contribution is 2.35. The van der Waals surface area contributed by atoms with E-state index in [2.05, 4.69) is 13.8 Å². The normalized spacial score (nSPS) is 19.8. The molecule has 1 aromatic carbocycles. The van der Waals surface area contributed by atoms with E-state index in [1.807, 2.05) is 59.4 Å². The predicted molar refractivity (Wildman–Crippen MR) is 164 cm³/mol. The first-order valence-electron chi connectivity index (χ1n) is 15.2. The van der Waals surface area contributed by atoms with Crippen LogP contribution in [0.2, 0.25) is 0 Å². The third kappa shape index (κ3) is 9.99. The quantitative estimate of drug-likeness (QED) is 0.134. The maximum Gasteiger partial charge on any atom is 0.384 e. The van der Waals surface area contributed by atoms with E-state index in [4.69, 9.17) is 25.7 Å². The standard InChI is InChI=1S/C34H45NO8/c1-4-7-8-24(5-2)23-35-30-22-28(41-18-15-31(37)32(38)16-19-43-33(39)6-3)14-11-26(30)21-29(34(35)40)25-9-12-27(13-10-25)42-20-17-36/h3,9-14,21-22,24,26,30-32,36-38H,4-5,7-8,15-20,23H2,1-2H3. The van der Waals surface area contributed by atoms with Gasteiger partial charge in [0.1, 0.15) is 18.1 Å². The molecule has 43 heavy (non-hydrogen) atoms. The summed E-state index contributed by atoms with van der Waals surface area (Å²) in [6.45, 7) is 5.18. The summed E-state index contributed by atoms with van der Waals surface area (Å²) < 4.78 is 16.2. The molecule has 0 fully saturated rings. The van der Waals surface area contributed by atoms with E-state index in [9.17, 15) is 19.8 Å². The molecule has 1 aliphatic carbocycles. The molecule has 9 heteroatoms. The van der Waals surface area contributed by atoms with E-state index in [1.54, 1.807) is 0 Å². The third-order valence-corrected chi connectivity index (χ3v) is 7.84.